The number of nitrogens with zero attached hydrogens (tertiary/aromatic N) is 2. The molecule has 152 valence electrons. The van der Waals surface area contributed by atoms with Crippen molar-refractivity contribution in [2.45, 2.75) is 25.8 Å². The highest BCUT2D eigenvalue weighted by Crippen LogP contribution is 2.26. The lowest BCUT2D eigenvalue weighted by Crippen LogP contribution is -2.34. The number of rotatable bonds is 6. The maximum atomic E-state index is 13.5. The quantitative estimate of drug-likeness (QED) is 0.551. The lowest BCUT2D eigenvalue weighted by Gasteiger charge is -2.11. The molecule has 6 nitrogen and oxygen atoms in total. The summed E-state index contributed by atoms with van der Waals surface area (Å²) in [6.45, 7) is 4.96. The molecule has 0 saturated heterocycles. The van der Waals surface area contributed by atoms with Crippen LogP contribution in [0.4, 0.5) is 18.9 Å². The first kappa shape index (κ1) is 22.2. The molecular weight excluding hydrogens is 405 g/mol. The highest BCUT2D eigenvalue weighted by molar-refractivity contribution is 8.00. The van der Waals surface area contributed by atoms with Crippen LogP contribution in [-0.2, 0) is 9.59 Å². The predicted molar refractivity (Wildman–Crippen MR) is 102 cm³/mol. The highest BCUT2D eigenvalue weighted by atomic mass is 32.2. The van der Waals surface area contributed by atoms with E-state index in [9.17, 15) is 28.0 Å². The molecule has 0 radical (unpaired) electrons. The molecule has 1 aromatic carbocycles. The number of anilines is 1. The van der Waals surface area contributed by atoms with E-state index in [1.807, 2.05) is 12.2 Å². The van der Waals surface area contributed by atoms with Gasteiger partial charge in [-0.25, -0.2) is 18.2 Å². The summed E-state index contributed by atoms with van der Waals surface area (Å²) in [7, 11) is 0. The lowest BCUT2D eigenvalue weighted by molar-refractivity contribution is -0.122. The van der Waals surface area contributed by atoms with Crippen LogP contribution in [0.5, 0.6) is 0 Å². The number of benzene rings is 1. The van der Waals surface area contributed by atoms with Gasteiger partial charge in [-0.1, -0.05) is 11.8 Å². The van der Waals surface area contributed by atoms with Gasteiger partial charge in [0.1, 0.15) is 11.1 Å². The van der Waals surface area contributed by atoms with Crippen LogP contribution in [-0.4, -0.2) is 29.1 Å². The van der Waals surface area contributed by atoms with E-state index in [1.165, 1.54) is 0 Å². The Balaban J connectivity index is 1.92. The number of hydrogen-bond acceptors (Lipinski definition) is 5. The number of thioether (sulfide) groups is 1. The fourth-order valence-electron chi connectivity index (χ4n) is 2.33. The van der Waals surface area contributed by atoms with Crippen molar-refractivity contribution in [3.8, 4) is 6.07 Å². The average molecular weight is 422 g/mol. The van der Waals surface area contributed by atoms with Crippen molar-refractivity contribution in [1.29, 1.82) is 5.26 Å². The van der Waals surface area contributed by atoms with Crippen LogP contribution < -0.4 is 10.6 Å². The summed E-state index contributed by atoms with van der Waals surface area (Å²) in [6.07, 6.45) is 0. The summed E-state index contributed by atoms with van der Waals surface area (Å²) in [5, 5.41) is 14.1. The molecule has 0 unspecified atom stereocenters. The predicted octanol–water partition coefficient (Wildman–Crippen LogP) is 3.14. The van der Waals surface area contributed by atoms with Gasteiger partial charge in [0, 0.05) is 5.69 Å². The Morgan fingerprint density at radius 1 is 1.10 bits per heavy atom. The average Bonchev–Trinajstić information content (AvgIpc) is 2.69. The van der Waals surface area contributed by atoms with E-state index < -0.39 is 41.5 Å². The monoisotopic (exact) mass is 422 g/mol. The second-order valence-corrected chi connectivity index (χ2v) is 7.04. The molecule has 0 aliphatic rings. The molecule has 1 aromatic heterocycles. The molecule has 29 heavy (non-hydrogen) atoms. The van der Waals surface area contributed by atoms with Crippen LogP contribution in [0, 0.1) is 49.6 Å². The van der Waals surface area contributed by atoms with Crippen LogP contribution in [0.3, 0.4) is 0 Å². The Hall–Kier alpha value is -3.06. The van der Waals surface area contributed by atoms with Gasteiger partial charge in [0.2, 0.25) is 11.8 Å². The SMILES string of the molecule is Cc1nc(SCC(=O)NCC(=O)Nc2ccc(F)c(F)c2F)c(C#N)c(C)c1C. The molecule has 2 N–H and O–H groups in total. The largest absolute Gasteiger partial charge is 0.346 e. The molecule has 2 amide bonds. The van der Waals surface area contributed by atoms with Crippen molar-refractivity contribution in [2.75, 3.05) is 17.6 Å². The fraction of sp³-hybridized carbons (Fsp3) is 0.263. The molecule has 0 saturated carbocycles. The molecule has 2 rings (SSSR count). The standard InChI is InChI=1S/C19H17F3N4O2S/c1-9-10(2)12(6-23)19(25-11(9)3)29-8-16(28)24-7-15(27)26-14-5-4-13(20)17(21)18(14)22/h4-5H,7-8H2,1-3H3,(H,24,28)(H,26,27). The molecule has 0 aliphatic carbocycles. The number of aromatic nitrogens is 1. The van der Waals surface area contributed by atoms with Crippen molar-refractivity contribution in [1.82, 2.24) is 10.3 Å². The summed E-state index contributed by atoms with van der Waals surface area (Å²) in [5.74, 6) is -6.04. The number of aryl methyl sites for hydroxylation is 1. The summed E-state index contributed by atoms with van der Waals surface area (Å²) < 4.78 is 39.6. The molecule has 1 heterocycles. The lowest BCUT2D eigenvalue weighted by atomic mass is 10.1. The summed E-state index contributed by atoms with van der Waals surface area (Å²) >= 11 is 1.05. The van der Waals surface area contributed by atoms with Crippen LogP contribution in [0.2, 0.25) is 0 Å². The van der Waals surface area contributed by atoms with Gasteiger partial charge in [0.25, 0.3) is 0 Å². The number of pyridine rings is 1. The first-order chi connectivity index (χ1) is 13.6. The van der Waals surface area contributed by atoms with E-state index in [4.69, 9.17) is 0 Å². The van der Waals surface area contributed by atoms with Gasteiger partial charge < -0.3 is 10.6 Å². The van der Waals surface area contributed by atoms with Crippen molar-refractivity contribution in [3.63, 3.8) is 0 Å². The van der Waals surface area contributed by atoms with Crippen LogP contribution in [0.15, 0.2) is 17.2 Å². The van der Waals surface area contributed by atoms with E-state index in [-0.39, 0.29) is 5.75 Å². The number of nitriles is 1. The number of amides is 2. The molecule has 0 bridgehead atoms. The minimum absolute atomic E-state index is 0.101. The van der Waals surface area contributed by atoms with Gasteiger partial charge in [-0.2, -0.15) is 5.26 Å². The molecule has 0 spiro atoms. The van der Waals surface area contributed by atoms with Gasteiger partial charge in [-0.15, -0.1) is 0 Å². The second-order valence-electron chi connectivity index (χ2n) is 6.08. The van der Waals surface area contributed by atoms with E-state index in [0.717, 1.165) is 34.6 Å². The maximum Gasteiger partial charge on any atom is 0.243 e. The van der Waals surface area contributed by atoms with Gasteiger partial charge in [0.15, 0.2) is 17.5 Å². The number of carbonyl (C=O) groups excluding carboxylic acids is 2. The number of nitrogens with one attached hydrogen (secondary N) is 2. The Morgan fingerprint density at radius 2 is 1.79 bits per heavy atom. The molecule has 10 heteroatoms. The second kappa shape index (κ2) is 9.43. The molecule has 0 fully saturated rings. The Bertz CT molecular complexity index is 1020. The molecule has 2 aromatic rings. The smallest absolute Gasteiger partial charge is 0.243 e. The zero-order valence-electron chi connectivity index (χ0n) is 15.8. The third kappa shape index (κ3) is 5.26. The Kier molecular flexibility index (Phi) is 7.23. The summed E-state index contributed by atoms with van der Waals surface area (Å²) in [5.41, 5.74) is 2.29. The molecule has 0 aliphatic heterocycles. The van der Waals surface area contributed by atoms with E-state index >= 15 is 0 Å². The first-order valence-corrected chi connectivity index (χ1v) is 9.35. The Morgan fingerprint density at radius 3 is 2.45 bits per heavy atom. The molecule has 0 atom stereocenters. The highest BCUT2D eigenvalue weighted by Gasteiger charge is 2.17. The third-order valence-electron chi connectivity index (χ3n) is 4.17. The number of carbonyl (C=O) groups is 2. The van der Waals surface area contributed by atoms with Crippen LogP contribution >= 0.6 is 11.8 Å². The maximum absolute atomic E-state index is 13.5. The van der Waals surface area contributed by atoms with Gasteiger partial charge in [-0.3, -0.25) is 9.59 Å². The summed E-state index contributed by atoms with van der Waals surface area (Å²) in [4.78, 5) is 28.1. The third-order valence-corrected chi connectivity index (χ3v) is 5.15. The zero-order chi connectivity index (χ0) is 21.7. The van der Waals surface area contributed by atoms with E-state index in [1.54, 1.807) is 13.8 Å². The minimum Gasteiger partial charge on any atom is -0.346 e. The van der Waals surface area contributed by atoms with Gasteiger partial charge >= 0.3 is 0 Å². The number of halogens is 3. The minimum atomic E-state index is -1.70. The Labute approximate surface area is 169 Å². The fourth-order valence-corrected chi connectivity index (χ4v) is 3.24. The summed E-state index contributed by atoms with van der Waals surface area (Å²) in [6, 6.07) is 3.63. The van der Waals surface area contributed by atoms with Crippen molar-refractivity contribution in [3.05, 3.63) is 52.0 Å². The van der Waals surface area contributed by atoms with Gasteiger partial charge in [-0.05, 0) is 44.0 Å². The van der Waals surface area contributed by atoms with Crippen molar-refractivity contribution >= 4 is 29.3 Å². The van der Waals surface area contributed by atoms with Crippen LogP contribution in [0.1, 0.15) is 22.4 Å². The van der Waals surface area contributed by atoms with Crippen molar-refractivity contribution < 1.29 is 22.8 Å². The van der Waals surface area contributed by atoms with Crippen molar-refractivity contribution in [2.24, 2.45) is 0 Å². The topological polar surface area (TPSA) is 94.9 Å². The number of hydrogen-bond donors (Lipinski definition) is 2. The normalized spacial score (nSPS) is 10.4. The van der Waals surface area contributed by atoms with E-state index in [2.05, 4.69) is 16.4 Å². The van der Waals surface area contributed by atoms with Gasteiger partial charge in [0.05, 0.1) is 23.5 Å². The van der Waals surface area contributed by atoms with E-state index in [0.29, 0.717) is 16.7 Å². The first-order valence-electron chi connectivity index (χ1n) is 8.36. The van der Waals surface area contributed by atoms with Crippen LogP contribution in [0.25, 0.3) is 0 Å². The zero-order valence-corrected chi connectivity index (χ0v) is 16.6. The molecular formula is C19H17F3N4O2S.